The molecular formula is C16H18N2O4S. The molecule has 23 heavy (non-hydrogen) atoms. The van der Waals surface area contributed by atoms with Gasteiger partial charge in [-0.25, -0.2) is 9.78 Å². The van der Waals surface area contributed by atoms with E-state index in [1.54, 1.807) is 30.4 Å². The number of aryl methyl sites for hydroxylation is 1. The second-order valence-electron chi connectivity index (χ2n) is 4.93. The van der Waals surface area contributed by atoms with Crippen LogP contribution in [0.1, 0.15) is 18.4 Å². The molecule has 0 radical (unpaired) electrons. The van der Waals surface area contributed by atoms with Crippen LogP contribution in [0.15, 0.2) is 29.6 Å². The molecule has 2 N–H and O–H groups in total. The largest absolute Gasteiger partial charge is 0.484 e. The third-order valence-electron chi connectivity index (χ3n) is 3.16. The van der Waals surface area contributed by atoms with Gasteiger partial charge in [-0.2, -0.15) is 0 Å². The van der Waals surface area contributed by atoms with Crippen molar-refractivity contribution >= 4 is 23.2 Å². The lowest BCUT2D eigenvalue weighted by molar-refractivity contribution is -0.142. The summed E-state index contributed by atoms with van der Waals surface area (Å²) in [4.78, 5) is 27.0. The number of aromatic nitrogens is 1. The number of hydrogen-bond acceptors (Lipinski definition) is 5. The number of thiazole rings is 1. The van der Waals surface area contributed by atoms with E-state index in [0.717, 1.165) is 16.3 Å². The van der Waals surface area contributed by atoms with Crippen LogP contribution in [0.4, 0.5) is 0 Å². The van der Waals surface area contributed by atoms with Crippen LogP contribution < -0.4 is 10.1 Å². The van der Waals surface area contributed by atoms with Gasteiger partial charge in [-0.05, 0) is 25.5 Å². The Morgan fingerprint density at radius 1 is 1.43 bits per heavy atom. The average Bonchev–Trinajstić information content (AvgIpc) is 2.97. The minimum atomic E-state index is -1.05. The zero-order valence-corrected chi connectivity index (χ0v) is 13.7. The van der Waals surface area contributed by atoms with Gasteiger partial charge in [0.25, 0.3) is 5.91 Å². The first-order valence-corrected chi connectivity index (χ1v) is 8.05. The second kappa shape index (κ2) is 7.73. The summed E-state index contributed by atoms with van der Waals surface area (Å²) in [6.45, 7) is 3.40. The average molecular weight is 334 g/mol. The molecule has 0 aliphatic heterocycles. The Labute approximate surface area is 138 Å². The van der Waals surface area contributed by atoms with Crippen molar-refractivity contribution in [3.63, 3.8) is 0 Å². The van der Waals surface area contributed by atoms with Crippen molar-refractivity contribution in [2.24, 2.45) is 0 Å². The van der Waals surface area contributed by atoms with E-state index in [1.165, 1.54) is 0 Å². The molecule has 0 fully saturated rings. The Hall–Kier alpha value is -2.41. The van der Waals surface area contributed by atoms with E-state index < -0.39 is 17.9 Å². The summed E-state index contributed by atoms with van der Waals surface area (Å²) in [6.07, 6.45) is 0.319. The Kier molecular flexibility index (Phi) is 5.70. The first-order chi connectivity index (χ1) is 11.0. The first kappa shape index (κ1) is 17.0. The van der Waals surface area contributed by atoms with Crippen molar-refractivity contribution in [2.45, 2.75) is 26.3 Å². The van der Waals surface area contributed by atoms with Gasteiger partial charge in [-0.3, -0.25) is 4.79 Å². The van der Waals surface area contributed by atoms with Crippen LogP contribution in [-0.2, 0) is 9.59 Å². The number of rotatable bonds is 7. The standard InChI is InChI=1S/C16H18N2O4S/c1-3-13(16(20)21)18-15(19)8-22-12-6-4-5-11(7-12)14-9-23-10(2)17-14/h4-7,9,13H,3,8H2,1-2H3,(H,18,19)(H,20,21). The number of aliphatic carboxylic acids is 1. The molecule has 6 nitrogen and oxygen atoms in total. The van der Waals surface area contributed by atoms with Crippen molar-refractivity contribution in [1.29, 1.82) is 0 Å². The topological polar surface area (TPSA) is 88.5 Å². The molecule has 2 aromatic rings. The minimum absolute atomic E-state index is 0.233. The van der Waals surface area contributed by atoms with E-state index >= 15 is 0 Å². The molecule has 0 saturated carbocycles. The van der Waals surface area contributed by atoms with E-state index in [4.69, 9.17) is 9.84 Å². The van der Waals surface area contributed by atoms with Crippen molar-refractivity contribution in [3.8, 4) is 17.0 Å². The van der Waals surface area contributed by atoms with Gasteiger partial charge in [0.15, 0.2) is 6.61 Å². The summed E-state index contributed by atoms with van der Waals surface area (Å²) in [5.74, 6) is -0.984. The summed E-state index contributed by atoms with van der Waals surface area (Å²) in [7, 11) is 0. The van der Waals surface area contributed by atoms with Gasteiger partial charge < -0.3 is 15.2 Å². The summed E-state index contributed by atoms with van der Waals surface area (Å²) >= 11 is 1.56. The molecule has 2 rings (SSSR count). The maximum absolute atomic E-state index is 11.7. The fraction of sp³-hybridized carbons (Fsp3) is 0.312. The fourth-order valence-corrected chi connectivity index (χ4v) is 2.59. The Bertz CT molecular complexity index is 699. The number of nitrogens with one attached hydrogen (secondary N) is 1. The number of carbonyl (C=O) groups is 2. The monoisotopic (exact) mass is 334 g/mol. The van der Waals surface area contributed by atoms with Crippen LogP contribution in [-0.4, -0.2) is 34.6 Å². The molecule has 1 atom stereocenters. The van der Waals surface area contributed by atoms with Gasteiger partial charge in [0.1, 0.15) is 11.8 Å². The zero-order valence-electron chi connectivity index (χ0n) is 12.9. The van der Waals surface area contributed by atoms with Crippen molar-refractivity contribution in [2.75, 3.05) is 6.61 Å². The molecule has 1 unspecified atom stereocenters. The molecule has 0 spiro atoms. The normalized spacial score (nSPS) is 11.7. The number of hydrogen-bond donors (Lipinski definition) is 2. The summed E-state index contributed by atoms with van der Waals surface area (Å²) in [5.41, 5.74) is 1.77. The van der Waals surface area contributed by atoms with Crippen molar-refractivity contribution < 1.29 is 19.4 Å². The van der Waals surface area contributed by atoms with Gasteiger partial charge in [0.05, 0.1) is 10.7 Å². The van der Waals surface area contributed by atoms with E-state index in [9.17, 15) is 9.59 Å². The molecule has 1 heterocycles. The van der Waals surface area contributed by atoms with Gasteiger partial charge in [-0.15, -0.1) is 11.3 Å². The Morgan fingerprint density at radius 2 is 2.22 bits per heavy atom. The Morgan fingerprint density at radius 3 is 2.83 bits per heavy atom. The lowest BCUT2D eigenvalue weighted by atomic mass is 10.2. The summed E-state index contributed by atoms with van der Waals surface area (Å²) in [6, 6.07) is 6.39. The van der Waals surface area contributed by atoms with Gasteiger partial charge in [0.2, 0.25) is 0 Å². The van der Waals surface area contributed by atoms with E-state index in [1.807, 2.05) is 24.4 Å². The SMILES string of the molecule is CCC(NC(=O)COc1cccc(-c2csc(C)n2)c1)C(=O)O. The zero-order chi connectivity index (χ0) is 16.8. The second-order valence-corrected chi connectivity index (χ2v) is 6.00. The molecule has 1 amide bonds. The third kappa shape index (κ3) is 4.79. The molecule has 0 bridgehead atoms. The smallest absolute Gasteiger partial charge is 0.326 e. The van der Waals surface area contributed by atoms with Crippen LogP contribution in [0.5, 0.6) is 5.75 Å². The van der Waals surface area contributed by atoms with E-state index in [0.29, 0.717) is 12.2 Å². The highest BCUT2D eigenvalue weighted by atomic mass is 32.1. The lowest BCUT2D eigenvalue weighted by Gasteiger charge is -2.13. The van der Waals surface area contributed by atoms with Crippen LogP contribution in [0.2, 0.25) is 0 Å². The summed E-state index contributed by atoms with van der Waals surface area (Å²) < 4.78 is 5.43. The van der Waals surface area contributed by atoms with Gasteiger partial charge >= 0.3 is 5.97 Å². The molecule has 122 valence electrons. The molecule has 0 aliphatic carbocycles. The van der Waals surface area contributed by atoms with Gasteiger partial charge in [-0.1, -0.05) is 19.1 Å². The maximum atomic E-state index is 11.7. The maximum Gasteiger partial charge on any atom is 0.326 e. The van der Waals surface area contributed by atoms with Crippen LogP contribution >= 0.6 is 11.3 Å². The van der Waals surface area contributed by atoms with Crippen molar-refractivity contribution in [1.82, 2.24) is 10.3 Å². The van der Waals surface area contributed by atoms with Crippen LogP contribution in [0, 0.1) is 6.92 Å². The third-order valence-corrected chi connectivity index (χ3v) is 3.93. The molecule has 1 aromatic carbocycles. The highest BCUT2D eigenvalue weighted by Crippen LogP contribution is 2.25. The number of ether oxygens (including phenoxy) is 1. The van der Waals surface area contributed by atoms with Crippen LogP contribution in [0.25, 0.3) is 11.3 Å². The van der Waals surface area contributed by atoms with Crippen molar-refractivity contribution in [3.05, 3.63) is 34.7 Å². The van der Waals surface area contributed by atoms with E-state index in [-0.39, 0.29) is 6.61 Å². The molecule has 7 heteroatoms. The predicted octanol–water partition coefficient (Wildman–Crippen LogP) is 2.48. The Balaban J connectivity index is 1.96. The molecule has 0 saturated heterocycles. The van der Waals surface area contributed by atoms with E-state index in [2.05, 4.69) is 10.3 Å². The number of carboxylic acids is 1. The highest BCUT2D eigenvalue weighted by Gasteiger charge is 2.17. The number of carboxylic acid groups (broad SMARTS) is 1. The number of nitrogens with zero attached hydrogens (tertiary/aromatic N) is 1. The molecule has 0 aliphatic rings. The number of benzene rings is 1. The number of amides is 1. The summed E-state index contributed by atoms with van der Waals surface area (Å²) in [5, 5.41) is 14.3. The first-order valence-electron chi connectivity index (χ1n) is 7.17. The predicted molar refractivity (Wildman–Crippen MR) is 87.6 cm³/mol. The molecule has 1 aromatic heterocycles. The van der Waals surface area contributed by atoms with Crippen LogP contribution in [0.3, 0.4) is 0 Å². The number of carbonyl (C=O) groups excluding carboxylic acids is 1. The minimum Gasteiger partial charge on any atom is -0.484 e. The lowest BCUT2D eigenvalue weighted by Crippen LogP contribution is -2.42. The van der Waals surface area contributed by atoms with Gasteiger partial charge in [0, 0.05) is 10.9 Å². The fourth-order valence-electron chi connectivity index (χ4n) is 1.96. The molecular weight excluding hydrogens is 316 g/mol. The quantitative estimate of drug-likeness (QED) is 0.812. The highest BCUT2D eigenvalue weighted by molar-refractivity contribution is 7.09.